The van der Waals surface area contributed by atoms with Crippen LogP contribution in [0, 0.1) is 11.3 Å². The van der Waals surface area contributed by atoms with E-state index in [1.54, 1.807) is 24.3 Å². The number of benzene rings is 1. The van der Waals surface area contributed by atoms with Gasteiger partial charge in [0.1, 0.15) is 11.1 Å². The molecule has 0 unspecified atom stereocenters. The van der Waals surface area contributed by atoms with Crippen LogP contribution in [-0.2, 0) is 11.2 Å². The molecule has 1 heterocycles. The van der Waals surface area contributed by atoms with Crippen molar-refractivity contribution < 1.29 is 14.3 Å². The molecule has 0 radical (unpaired) electrons. The molecule has 0 aliphatic rings. The van der Waals surface area contributed by atoms with E-state index in [0.717, 1.165) is 29.8 Å². The smallest absolute Gasteiger partial charge is 0.250 e. The summed E-state index contributed by atoms with van der Waals surface area (Å²) in [6.07, 6.45) is 6.09. The molecule has 0 spiro atoms. The minimum absolute atomic E-state index is 0.0595. The summed E-state index contributed by atoms with van der Waals surface area (Å²) >= 11 is 1.39. The molecule has 1 aromatic heterocycles. The Labute approximate surface area is 156 Å². The number of ether oxygens (including phenoxy) is 2. The van der Waals surface area contributed by atoms with E-state index in [0.29, 0.717) is 16.6 Å². The van der Waals surface area contributed by atoms with E-state index in [-0.39, 0.29) is 12.5 Å². The molecule has 0 saturated heterocycles. The monoisotopic (exact) mass is 372 g/mol. The Morgan fingerprint density at radius 2 is 2.23 bits per heavy atom. The van der Waals surface area contributed by atoms with Crippen molar-refractivity contribution in [3.05, 3.63) is 34.8 Å². The van der Waals surface area contributed by atoms with E-state index in [1.165, 1.54) is 24.5 Å². The molecular weight excluding hydrogens is 352 g/mol. The predicted molar refractivity (Wildman–Crippen MR) is 100 cm³/mol. The summed E-state index contributed by atoms with van der Waals surface area (Å²) in [6.45, 7) is 2.06. The first kappa shape index (κ1) is 19.4. The van der Waals surface area contributed by atoms with Crippen LogP contribution < -0.4 is 14.8 Å². The molecule has 1 N–H and O–H groups in total. The highest BCUT2D eigenvalue weighted by Gasteiger charge is 2.07. The first-order valence-electron chi connectivity index (χ1n) is 8.15. The number of carbonyl (C=O) groups excluding carboxylic acids is 1. The summed E-state index contributed by atoms with van der Waals surface area (Å²) in [5.41, 5.74) is 0.766. The first-order chi connectivity index (χ1) is 12.7. The molecule has 2 rings (SSSR count). The van der Waals surface area contributed by atoms with Crippen molar-refractivity contribution in [2.24, 2.45) is 0 Å². The van der Waals surface area contributed by atoms with Gasteiger partial charge >= 0.3 is 0 Å². The maximum absolute atomic E-state index is 12.0. The second-order valence-electron chi connectivity index (χ2n) is 5.28. The van der Waals surface area contributed by atoms with Crippen molar-refractivity contribution in [1.29, 1.82) is 5.26 Å². The largest absolute Gasteiger partial charge is 0.493 e. The Balaban J connectivity index is 1.96. The van der Waals surface area contributed by atoms with E-state index in [9.17, 15) is 4.79 Å². The molecule has 8 heteroatoms. The minimum Gasteiger partial charge on any atom is -0.493 e. The van der Waals surface area contributed by atoms with Crippen LogP contribution in [0.15, 0.2) is 24.3 Å². The van der Waals surface area contributed by atoms with Crippen molar-refractivity contribution in [2.45, 2.75) is 26.2 Å². The standard InChI is InChI=1S/C18H20N4O3S/c1-3-4-5-17-21-22-18(26-17)20-16(23)9-7-13-6-8-14(25-11-10-19)15(12-13)24-2/h6-9,12H,3-5,11H2,1-2H3,(H,20,22,23)/b9-7+. The number of amides is 1. The number of aryl methyl sites for hydroxylation is 1. The number of methoxy groups -OCH3 is 1. The van der Waals surface area contributed by atoms with Crippen LogP contribution in [-0.4, -0.2) is 29.8 Å². The summed E-state index contributed by atoms with van der Waals surface area (Å²) < 4.78 is 10.5. The van der Waals surface area contributed by atoms with E-state index in [1.807, 2.05) is 6.07 Å². The summed E-state index contributed by atoms with van der Waals surface area (Å²) in [4.78, 5) is 12.0. The molecule has 136 valence electrons. The maximum atomic E-state index is 12.0. The summed E-state index contributed by atoms with van der Waals surface area (Å²) in [5.74, 6) is 0.684. The number of hydrogen-bond acceptors (Lipinski definition) is 7. The molecule has 0 aliphatic carbocycles. The van der Waals surface area contributed by atoms with Crippen LogP contribution in [0.3, 0.4) is 0 Å². The highest BCUT2D eigenvalue weighted by atomic mass is 32.1. The van der Waals surface area contributed by atoms with Gasteiger partial charge < -0.3 is 9.47 Å². The van der Waals surface area contributed by atoms with Gasteiger partial charge in [-0.25, -0.2) is 0 Å². The Morgan fingerprint density at radius 3 is 2.96 bits per heavy atom. The van der Waals surface area contributed by atoms with Crippen LogP contribution in [0.1, 0.15) is 30.3 Å². The van der Waals surface area contributed by atoms with Crippen molar-refractivity contribution in [3.63, 3.8) is 0 Å². The Bertz CT molecular complexity index is 811. The number of carbonyl (C=O) groups is 1. The molecule has 1 amide bonds. The number of nitrogens with zero attached hydrogens (tertiary/aromatic N) is 3. The van der Waals surface area contributed by atoms with Crippen LogP contribution in [0.5, 0.6) is 11.5 Å². The van der Waals surface area contributed by atoms with Gasteiger partial charge in [-0.15, -0.1) is 10.2 Å². The third-order valence-corrected chi connectivity index (χ3v) is 4.25. The molecular formula is C18H20N4O3S. The summed E-state index contributed by atoms with van der Waals surface area (Å²) in [7, 11) is 1.51. The van der Waals surface area contributed by atoms with Gasteiger partial charge in [0.05, 0.1) is 7.11 Å². The molecule has 0 saturated carbocycles. The molecule has 26 heavy (non-hydrogen) atoms. The number of nitrogens with one attached hydrogen (secondary N) is 1. The lowest BCUT2D eigenvalue weighted by molar-refractivity contribution is -0.111. The van der Waals surface area contributed by atoms with E-state index >= 15 is 0 Å². The number of anilines is 1. The van der Waals surface area contributed by atoms with Gasteiger partial charge in [-0.3, -0.25) is 10.1 Å². The molecule has 1 aromatic carbocycles. The van der Waals surface area contributed by atoms with E-state index in [2.05, 4.69) is 22.4 Å². The zero-order valence-electron chi connectivity index (χ0n) is 14.7. The third-order valence-electron chi connectivity index (χ3n) is 3.35. The second kappa shape index (κ2) is 10.2. The van der Waals surface area contributed by atoms with Crippen LogP contribution in [0.4, 0.5) is 5.13 Å². The molecule has 0 fully saturated rings. The molecule has 0 atom stereocenters. The van der Waals surface area contributed by atoms with Crippen LogP contribution >= 0.6 is 11.3 Å². The third kappa shape index (κ3) is 5.86. The first-order valence-corrected chi connectivity index (χ1v) is 8.97. The van der Waals surface area contributed by atoms with Crippen molar-refractivity contribution in [1.82, 2.24) is 10.2 Å². The van der Waals surface area contributed by atoms with Gasteiger partial charge in [-0.05, 0) is 30.2 Å². The molecule has 0 bridgehead atoms. The zero-order chi connectivity index (χ0) is 18.8. The highest BCUT2D eigenvalue weighted by molar-refractivity contribution is 7.15. The van der Waals surface area contributed by atoms with E-state index in [4.69, 9.17) is 14.7 Å². The Morgan fingerprint density at radius 1 is 1.38 bits per heavy atom. The predicted octanol–water partition coefficient (Wildman–Crippen LogP) is 3.44. The van der Waals surface area contributed by atoms with Gasteiger partial charge in [-0.1, -0.05) is 30.7 Å². The van der Waals surface area contributed by atoms with Crippen molar-refractivity contribution in [3.8, 4) is 17.6 Å². The van der Waals surface area contributed by atoms with Gasteiger partial charge in [-0.2, -0.15) is 5.26 Å². The van der Waals surface area contributed by atoms with E-state index < -0.39 is 0 Å². The van der Waals surface area contributed by atoms with Crippen LogP contribution in [0.2, 0.25) is 0 Å². The van der Waals surface area contributed by atoms with Crippen molar-refractivity contribution >= 4 is 28.5 Å². The molecule has 0 aliphatic heterocycles. The van der Waals surface area contributed by atoms with Gasteiger partial charge in [0.15, 0.2) is 18.1 Å². The maximum Gasteiger partial charge on any atom is 0.250 e. The average Bonchev–Trinajstić information content (AvgIpc) is 3.10. The highest BCUT2D eigenvalue weighted by Crippen LogP contribution is 2.28. The zero-order valence-corrected chi connectivity index (χ0v) is 15.5. The van der Waals surface area contributed by atoms with Gasteiger partial charge in [0.25, 0.3) is 0 Å². The van der Waals surface area contributed by atoms with Gasteiger partial charge in [0.2, 0.25) is 11.0 Å². The molecule has 7 nitrogen and oxygen atoms in total. The lowest BCUT2D eigenvalue weighted by atomic mass is 10.2. The van der Waals surface area contributed by atoms with Gasteiger partial charge in [0, 0.05) is 12.5 Å². The quantitative estimate of drug-likeness (QED) is 0.677. The summed E-state index contributed by atoms with van der Waals surface area (Å²) in [6, 6.07) is 7.09. The fourth-order valence-electron chi connectivity index (χ4n) is 2.07. The fourth-order valence-corrected chi connectivity index (χ4v) is 2.85. The number of hydrogen-bond donors (Lipinski definition) is 1. The Kier molecular flexibility index (Phi) is 7.58. The number of rotatable bonds is 9. The lowest BCUT2D eigenvalue weighted by Gasteiger charge is -2.08. The molecule has 2 aromatic rings. The minimum atomic E-state index is -0.285. The average molecular weight is 372 g/mol. The summed E-state index contributed by atoms with van der Waals surface area (Å²) in [5, 5.41) is 20.7. The van der Waals surface area contributed by atoms with Crippen molar-refractivity contribution in [2.75, 3.05) is 19.0 Å². The number of nitriles is 1. The normalized spacial score (nSPS) is 10.5. The number of aromatic nitrogens is 2. The SMILES string of the molecule is CCCCc1nnc(NC(=O)/C=C/c2ccc(OCC#N)c(OC)c2)s1. The topological polar surface area (TPSA) is 97.1 Å². The Hall–Kier alpha value is -2.92. The lowest BCUT2D eigenvalue weighted by Crippen LogP contribution is -2.07. The number of unbranched alkanes of at least 4 members (excludes halogenated alkanes) is 1. The second-order valence-corrected chi connectivity index (χ2v) is 6.35. The fraction of sp³-hybridized carbons (Fsp3) is 0.333. The van der Waals surface area contributed by atoms with Crippen LogP contribution in [0.25, 0.3) is 6.08 Å².